The molecule has 1 N–H and O–H groups in total. The number of hydrogen-bond donors (Lipinski definition) is 1. The minimum atomic E-state index is -3.75. The van der Waals surface area contributed by atoms with Crippen molar-refractivity contribution in [3.8, 4) is 11.5 Å². The molecule has 0 unspecified atom stereocenters. The molecule has 8 heteroatoms. The van der Waals surface area contributed by atoms with E-state index in [1.807, 2.05) is 0 Å². The largest absolute Gasteiger partial charge is 0.441 e. The fourth-order valence-electron chi connectivity index (χ4n) is 3.81. The molecular formula is C21H27FN2O4S. The Balaban J connectivity index is 1.67. The summed E-state index contributed by atoms with van der Waals surface area (Å²) >= 11 is 0. The highest BCUT2D eigenvalue weighted by Gasteiger charge is 2.30. The van der Waals surface area contributed by atoms with Crippen LogP contribution in [-0.4, -0.2) is 31.1 Å². The van der Waals surface area contributed by atoms with Gasteiger partial charge in [0.1, 0.15) is 17.3 Å². The molecule has 1 aliphatic rings. The molecule has 1 aromatic heterocycles. The number of halogens is 1. The standard InChI is InChI=1S/C21H27FN2O4S/c1-13-7-6-10-18(14(13)2)23-20(25)12-29(26,27)11-19-15(3)28-21(24-19)16-8-4-5-9-17(16)22/h4-5,8-9,13-14,18H,6-7,10-12H2,1-3H3,(H,23,25)/t13-,14-,18+/m0/s1. The first kappa shape index (κ1) is 21.5. The minimum Gasteiger partial charge on any atom is -0.441 e. The van der Waals surface area contributed by atoms with Gasteiger partial charge in [0, 0.05) is 6.04 Å². The molecular weight excluding hydrogens is 395 g/mol. The number of carbonyl (C=O) groups is 1. The van der Waals surface area contributed by atoms with E-state index in [2.05, 4.69) is 24.1 Å². The summed E-state index contributed by atoms with van der Waals surface area (Å²) in [6.45, 7) is 5.82. The van der Waals surface area contributed by atoms with Crippen LogP contribution in [0.1, 0.15) is 44.6 Å². The number of benzene rings is 1. The van der Waals surface area contributed by atoms with Crippen LogP contribution in [-0.2, 0) is 20.4 Å². The molecule has 29 heavy (non-hydrogen) atoms. The second-order valence-corrected chi connectivity index (χ2v) is 10.0. The van der Waals surface area contributed by atoms with Crippen molar-refractivity contribution in [3.63, 3.8) is 0 Å². The summed E-state index contributed by atoms with van der Waals surface area (Å²) in [6.07, 6.45) is 3.02. The van der Waals surface area contributed by atoms with Crippen molar-refractivity contribution in [2.75, 3.05) is 5.75 Å². The van der Waals surface area contributed by atoms with E-state index in [1.165, 1.54) is 12.1 Å². The molecule has 1 amide bonds. The van der Waals surface area contributed by atoms with Gasteiger partial charge >= 0.3 is 0 Å². The lowest BCUT2D eigenvalue weighted by Crippen LogP contribution is -2.45. The zero-order valence-electron chi connectivity index (χ0n) is 16.9. The van der Waals surface area contributed by atoms with Crippen molar-refractivity contribution < 1.29 is 22.0 Å². The summed E-state index contributed by atoms with van der Waals surface area (Å²) in [6, 6.07) is 5.99. The molecule has 1 saturated carbocycles. The molecule has 1 heterocycles. The van der Waals surface area contributed by atoms with E-state index in [9.17, 15) is 17.6 Å². The average molecular weight is 423 g/mol. The number of carbonyl (C=O) groups excluding carboxylic acids is 1. The molecule has 1 aromatic carbocycles. The molecule has 0 aliphatic heterocycles. The van der Waals surface area contributed by atoms with Crippen LogP contribution in [0.4, 0.5) is 4.39 Å². The van der Waals surface area contributed by atoms with Gasteiger partial charge in [0.25, 0.3) is 0 Å². The van der Waals surface area contributed by atoms with Crippen molar-refractivity contribution in [3.05, 3.63) is 41.5 Å². The predicted octanol–water partition coefficient (Wildman–Crippen LogP) is 3.64. The molecule has 158 valence electrons. The molecule has 3 atom stereocenters. The fourth-order valence-corrected chi connectivity index (χ4v) is 5.07. The molecule has 0 radical (unpaired) electrons. The number of amides is 1. The molecule has 0 saturated heterocycles. The summed E-state index contributed by atoms with van der Waals surface area (Å²) in [4.78, 5) is 16.5. The molecule has 2 aromatic rings. The summed E-state index contributed by atoms with van der Waals surface area (Å²) in [5.41, 5.74) is 0.355. The second-order valence-electron chi connectivity index (χ2n) is 7.98. The van der Waals surface area contributed by atoms with Gasteiger partial charge in [0.05, 0.1) is 17.0 Å². The van der Waals surface area contributed by atoms with Crippen LogP contribution in [0.5, 0.6) is 0 Å². The van der Waals surface area contributed by atoms with Crippen molar-refractivity contribution in [2.45, 2.75) is 51.8 Å². The van der Waals surface area contributed by atoms with E-state index in [1.54, 1.807) is 19.1 Å². The van der Waals surface area contributed by atoms with Crippen LogP contribution in [0.2, 0.25) is 0 Å². The molecule has 1 fully saturated rings. The van der Waals surface area contributed by atoms with Crippen molar-refractivity contribution in [2.24, 2.45) is 11.8 Å². The smallest absolute Gasteiger partial charge is 0.235 e. The van der Waals surface area contributed by atoms with Gasteiger partial charge in [-0.1, -0.05) is 38.8 Å². The first-order chi connectivity index (χ1) is 13.7. The number of nitrogens with zero attached hydrogens (tertiary/aromatic N) is 1. The highest BCUT2D eigenvalue weighted by molar-refractivity contribution is 7.91. The number of rotatable bonds is 6. The quantitative estimate of drug-likeness (QED) is 0.768. The van der Waals surface area contributed by atoms with Crippen LogP contribution < -0.4 is 5.32 Å². The van der Waals surface area contributed by atoms with Crippen LogP contribution in [0.25, 0.3) is 11.5 Å². The van der Waals surface area contributed by atoms with Gasteiger partial charge in [-0.25, -0.2) is 17.8 Å². The highest BCUT2D eigenvalue weighted by Crippen LogP contribution is 2.29. The maximum atomic E-state index is 13.9. The third-order valence-corrected chi connectivity index (χ3v) is 7.17. The lowest BCUT2D eigenvalue weighted by molar-refractivity contribution is -0.120. The predicted molar refractivity (Wildman–Crippen MR) is 108 cm³/mol. The van der Waals surface area contributed by atoms with Gasteiger partial charge in [-0.05, 0) is 37.3 Å². The molecule has 0 bridgehead atoms. The van der Waals surface area contributed by atoms with Gasteiger partial charge in [0.2, 0.25) is 11.8 Å². The molecule has 1 aliphatic carbocycles. The van der Waals surface area contributed by atoms with E-state index in [0.29, 0.717) is 17.6 Å². The third kappa shape index (κ3) is 5.23. The van der Waals surface area contributed by atoms with Gasteiger partial charge in [-0.2, -0.15) is 0 Å². The number of hydrogen-bond acceptors (Lipinski definition) is 5. The maximum Gasteiger partial charge on any atom is 0.235 e. The number of oxazole rings is 1. The Kier molecular flexibility index (Phi) is 6.41. The summed E-state index contributed by atoms with van der Waals surface area (Å²) in [5.74, 6) is -0.893. The number of aromatic nitrogens is 1. The van der Waals surface area contributed by atoms with Crippen LogP contribution in [0.3, 0.4) is 0 Å². The minimum absolute atomic E-state index is 0.00268. The monoisotopic (exact) mass is 422 g/mol. The maximum absolute atomic E-state index is 13.9. The van der Waals surface area contributed by atoms with E-state index in [-0.39, 0.29) is 23.2 Å². The van der Waals surface area contributed by atoms with Crippen LogP contribution >= 0.6 is 0 Å². The zero-order chi connectivity index (χ0) is 21.2. The lowest BCUT2D eigenvalue weighted by Gasteiger charge is -2.34. The fraction of sp³-hybridized carbons (Fsp3) is 0.524. The highest BCUT2D eigenvalue weighted by atomic mass is 32.2. The molecule has 0 spiro atoms. The van der Waals surface area contributed by atoms with Gasteiger partial charge in [0.15, 0.2) is 9.84 Å². The Morgan fingerprint density at radius 1 is 1.28 bits per heavy atom. The van der Waals surface area contributed by atoms with Crippen molar-refractivity contribution in [1.29, 1.82) is 0 Å². The van der Waals surface area contributed by atoms with Crippen molar-refractivity contribution in [1.82, 2.24) is 10.3 Å². The average Bonchev–Trinajstić information content (AvgIpc) is 2.98. The van der Waals surface area contributed by atoms with E-state index in [0.717, 1.165) is 19.3 Å². The molecule has 6 nitrogen and oxygen atoms in total. The van der Waals surface area contributed by atoms with Crippen LogP contribution in [0.15, 0.2) is 28.7 Å². The van der Waals surface area contributed by atoms with Gasteiger partial charge in [-0.15, -0.1) is 0 Å². The van der Waals surface area contributed by atoms with Gasteiger partial charge < -0.3 is 9.73 Å². The van der Waals surface area contributed by atoms with E-state index < -0.39 is 33.1 Å². The second kappa shape index (κ2) is 8.65. The summed E-state index contributed by atoms with van der Waals surface area (Å²) in [7, 11) is -3.75. The van der Waals surface area contributed by atoms with E-state index in [4.69, 9.17) is 4.42 Å². The Morgan fingerprint density at radius 3 is 2.72 bits per heavy atom. The lowest BCUT2D eigenvalue weighted by atomic mass is 9.78. The normalized spacial score (nSPS) is 22.4. The Hall–Kier alpha value is -2.22. The Morgan fingerprint density at radius 2 is 2.00 bits per heavy atom. The number of nitrogens with one attached hydrogen (secondary N) is 1. The first-order valence-electron chi connectivity index (χ1n) is 9.87. The van der Waals surface area contributed by atoms with E-state index >= 15 is 0 Å². The summed E-state index contributed by atoms with van der Waals surface area (Å²) < 4.78 is 44.5. The van der Waals surface area contributed by atoms with Crippen molar-refractivity contribution >= 4 is 15.7 Å². The number of sulfone groups is 1. The van der Waals surface area contributed by atoms with Crippen LogP contribution in [0, 0.1) is 24.6 Å². The molecule has 3 rings (SSSR count). The SMILES string of the molecule is Cc1oc(-c2ccccc2F)nc1CS(=O)(=O)CC(=O)N[C@@H]1CCC[C@H](C)[C@@H]1C. The Bertz CT molecular complexity index is 986. The zero-order valence-corrected chi connectivity index (χ0v) is 17.8. The first-order valence-corrected chi connectivity index (χ1v) is 11.7. The number of aryl methyl sites for hydroxylation is 1. The third-order valence-electron chi connectivity index (χ3n) is 5.76. The van der Waals surface area contributed by atoms with Gasteiger partial charge in [-0.3, -0.25) is 4.79 Å². The Labute approximate surface area is 170 Å². The summed E-state index contributed by atoms with van der Waals surface area (Å²) in [5, 5.41) is 2.88. The topological polar surface area (TPSA) is 89.3 Å².